The van der Waals surface area contributed by atoms with Crippen molar-refractivity contribution in [3.8, 4) is 0 Å². The van der Waals surface area contributed by atoms with E-state index >= 15 is 0 Å². The zero-order valence-corrected chi connectivity index (χ0v) is 12.3. The molecule has 0 saturated carbocycles. The lowest BCUT2D eigenvalue weighted by molar-refractivity contribution is -0.119. The van der Waals surface area contributed by atoms with E-state index in [-0.39, 0.29) is 5.78 Å². The van der Waals surface area contributed by atoms with E-state index in [1.807, 2.05) is 25.1 Å². The number of ketones is 1. The SMILES string of the molecule is Cc1ccc(C(=O)CCN2CCN(C=O)CC2)cc1C. The summed E-state index contributed by atoms with van der Waals surface area (Å²) in [5.74, 6) is 0.200. The lowest BCUT2D eigenvalue weighted by Gasteiger charge is -2.32. The monoisotopic (exact) mass is 274 g/mol. The summed E-state index contributed by atoms with van der Waals surface area (Å²) >= 11 is 0. The summed E-state index contributed by atoms with van der Waals surface area (Å²) in [6.45, 7) is 8.11. The Labute approximate surface area is 120 Å². The van der Waals surface area contributed by atoms with E-state index < -0.39 is 0 Å². The fourth-order valence-corrected chi connectivity index (χ4v) is 2.41. The van der Waals surface area contributed by atoms with Gasteiger partial charge in [-0.05, 0) is 31.0 Å². The van der Waals surface area contributed by atoms with Crippen molar-refractivity contribution in [2.75, 3.05) is 32.7 Å². The summed E-state index contributed by atoms with van der Waals surface area (Å²) in [5.41, 5.74) is 3.18. The number of carbonyl (C=O) groups is 2. The van der Waals surface area contributed by atoms with Crippen molar-refractivity contribution in [2.45, 2.75) is 20.3 Å². The van der Waals surface area contributed by atoms with Crippen LogP contribution in [-0.4, -0.2) is 54.7 Å². The number of amides is 1. The first-order chi connectivity index (χ1) is 9.60. The maximum Gasteiger partial charge on any atom is 0.209 e. The van der Waals surface area contributed by atoms with Gasteiger partial charge in [-0.1, -0.05) is 12.1 Å². The Morgan fingerprint density at radius 1 is 1.15 bits per heavy atom. The molecule has 4 nitrogen and oxygen atoms in total. The maximum absolute atomic E-state index is 12.2. The van der Waals surface area contributed by atoms with E-state index in [1.54, 1.807) is 4.90 Å². The van der Waals surface area contributed by atoms with Crippen molar-refractivity contribution in [1.29, 1.82) is 0 Å². The molecular weight excluding hydrogens is 252 g/mol. The first-order valence-electron chi connectivity index (χ1n) is 7.12. The van der Waals surface area contributed by atoms with Crippen LogP contribution < -0.4 is 0 Å². The molecule has 4 heteroatoms. The highest BCUT2D eigenvalue weighted by atomic mass is 16.1. The molecule has 1 aliphatic heterocycles. The third kappa shape index (κ3) is 3.67. The van der Waals surface area contributed by atoms with Crippen LogP contribution in [0.1, 0.15) is 27.9 Å². The van der Waals surface area contributed by atoms with Gasteiger partial charge in [0.1, 0.15) is 0 Å². The molecule has 108 valence electrons. The number of carbonyl (C=O) groups excluding carboxylic acids is 2. The van der Waals surface area contributed by atoms with Gasteiger partial charge in [0.15, 0.2) is 5.78 Å². The molecule has 1 heterocycles. The Hall–Kier alpha value is -1.68. The van der Waals surface area contributed by atoms with Gasteiger partial charge < -0.3 is 4.90 Å². The maximum atomic E-state index is 12.2. The van der Waals surface area contributed by atoms with Crippen molar-refractivity contribution in [1.82, 2.24) is 9.80 Å². The molecule has 1 aliphatic rings. The molecule has 1 amide bonds. The van der Waals surface area contributed by atoms with E-state index in [1.165, 1.54) is 5.56 Å². The highest BCUT2D eigenvalue weighted by Gasteiger charge is 2.16. The highest BCUT2D eigenvalue weighted by molar-refractivity contribution is 5.96. The summed E-state index contributed by atoms with van der Waals surface area (Å²) in [6.07, 6.45) is 1.45. The van der Waals surface area contributed by atoms with Gasteiger partial charge in [-0.15, -0.1) is 0 Å². The summed E-state index contributed by atoms with van der Waals surface area (Å²) in [5, 5.41) is 0. The minimum absolute atomic E-state index is 0.200. The third-order valence-electron chi connectivity index (χ3n) is 4.04. The van der Waals surface area contributed by atoms with Crippen molar-refractivity contribution in [2.24, 2.45) is 0 Å². The van der Waals surface area contributed by atoms with Crippen LogP contribution in [0.4, 0.5) is 0 Å². The molecule has 0 spiro atoms. The summed E-state index contributed by atoms with van der Waals surface area (Å²) in [7, 11) is 0. The number of piperazine rings is 1. The Kier molecular flexibility index (Phi) is 4.90. The van der Waals surface area contributed by atoms with Crippen molar-refractivity contribution >= 4 is 12.2 Å². The molecule has 1 aromatic carbocycles. The average molecular weight is 274 g/mol. The van der Waals surface area contributed by atoms with Crippen molar-refractivity contribution in [3.05, 3.63) is 34.9 Å². The largest absolute Gasteiger partial charge is 0.343 e. The van der Waals surface area contributed by atoms with Crippen LogP contribution in [0.15, 0.2) is 18.2 Å². The van der Waals surface area contributed by atoms with Crippen LogP contribution in [0.5, 0.6) is 0 Å². The Balaban J connectivity index is 1.83. The molecule has 20 heavy (non-hydrogen) atoms. The molecule has 1 saturated heterocycles. The van der Waals surface area contributed by atoms with Crippen LogP contribution in [0.3, 0.4) is 0 Å². The molecule has 1 aromatic rings. The van der Waals surface area contributed by atoms with Gasteiger partial charge in [0.25, 0.3) is 0 Å². The van der Waals surface area contributed by atoms with Crippen LogP contribution in [0.2, 0.25) is 0 Å². The van der Waals surface area contributed by atoms with E-state index in [2.05, 4.69) is 11.8 Å². The van der Waals surface area contributed by atoms with E-state index in [0.29, 0.717) is 6.42 Å². The fraction of sp³-hybridized carbons (Fsp3) is 0.500. The number of Topliss-reactive ketones (excluding diaryl/α,β-unsaturated/α-hetero) is 1. The van der Waals surface area contributed by atoms with Crippen molar-refractivity contribution < 1.29 is 9.59 Å². The van der Waals surface area contributed by atoms with Gasteiger partial charge in [0.05, 0.1) is 0 Å². The van der Waals surface area contributed by atoms with Gasteiger partial charge in [-0.25, -0.2) is 0 Å². The molecule has 0 aromatic heterocycles. The molecule has 2 rings (SSSR count). The van der Waals surface area contributed by atoms with Gasteiger partial charge in [0, 0.05) is 44.7 Å². The topological polar surface area (TPSA) is 40.6 Å². The van der Waals surface area contributed by atoms with Crippen molar-refractivity contribution in [3.63, 3.8) is 0 Å². The van der Waals surface area contributed by atoms with Gasteiger partial charge in [-0.2, -0.15) is 0 Å². The predicted molar refractivity (Wildman–Crippen MR) is 78.9 cm³/mol. The normalized spacial score (nSPS) is 16.2. The lowest BCUT2D eigenvalue weighted by atomic mass is 10.0. The minimum Gasteiger partial charge on any atom is -0.343 e. The second kappa shape index (κ2) is 6.66. The smallest absolute Gasteiger partial charge is 0.209 e. The van der Waals surface area contributed by atoms with Crippen LogP contribution >= 0.6 is 0 Å². The number of hydrogen-bond donors (Lipinski definition) is 0. The minimum atomic E-state index is 0.200. The average Bonchev–Trinajstić information content (AvgIpc) is 2.48. The molecule has 0 bridgehead atoms. The van der Waals surface area contributed by atoms with Gasteiger partial charge in [0.2, 0.25) is 6.41 Å². The third-order valence-corrected chi connectivity index (χ3v) is 4.04. The highest BCUT2D eigenvalue weighted by Crippen LogP contribution is 2.12. The zero-order valence-electron chi connectivity index (χ0n) is 12.3. The zero-order chi connectivity index (χ0) is 14.5. The van der Waals surface area contributed by atoms with E-state index in [0.717, 1.165) is 50.3 Å². The standard InChI is InChI=1S/C16H22N2O2/c1-13-3-4-15(11-14(13)2)16(20)5-6-17-7-9-18(12-19)10-8-17/h3-4,11-12H,5-10H2,1-2H3. The molecule has 0 unspecified atom stereocenters. The van der Waals surface area contributed by atoms with Crippen LogP contribution in [0, 0.1) is 13.8 Å². The van der Waals surface area contributed by atoms with Gasteiger partial charge >= 0.3 is 0 Å². The second-order valence-corrected chi connectivity index (χ2v) is 5.46. The summed E-state index contributed by atoms with van der Waals surface area (Å²) in [6, 6.07) is 5.89. The Bertz CT molecular complexity index is 491. The Morgan fingerprint density at radius 2 is 1.85 bits per heavy atom. The molecule has 1 fully saturated rings. The lowest BCUT2D eigenvalue weighted by Crippen LogP contribution is -2.46. The fourth-order valence-electron chi connectivity index (χ4n) is 2.41. The quantitative estimate of drug-likeness (QED) is 0.605. The second-order valence-electron chi connectivity index (χ2n) is 5.46. The Morgan fingerprint density at radius 3 is 2.45 bits per heavy atom. The summed E-state index contributed by atoms with van der Waals surface area (Å²) < 4.78 is 0. The van der Waals surface area contributed by atoms with Gasteiger partial charge in [-0.3, -0.25) is 14.5 Å². The predicted octanol–water partition coefficient (Wildman–Crippen LogP) is 1.65. The van der Waals surface area contributed by atoms with Crippen LogP contribution in [-0.2, 0) is 4.79 Å². The van der Waals surface area contributed by atoms with Crippen LogP contribution in [0.25, 0.3) is 0 Å². The number of rotatable bonds is 5. The molecular formula is C16H22N2O2. The molecule has 0 radical (unpaired) electrons. The molecule has 0 aliphatic carbocycles. The first kappa shape index (κ1) is 14.7. The van der Waals surface area contributed by atoms with E-state index in [9.17, 15) is 9.59 Å². The number of aryl methyl sites for hydroxylation is 2. The summed E-state index contributed by atoms with van der Waals surface area (Å²) in [4.78, 5) is 26.8. The van der Waals surface area contributed by atoms with E-state index in [4.69, 9.17) is 0 Å². The number of benzene rings is 1. The number of nitrogens with zero attached hydrogens (tertiary/aromatic N) is 2. The molecule has 0 N–H and O–H groups in total. The molecule has 0 atom stereocenters. The first-order valence-corrected chi connectivity index (χ1v) is 7.12. The number of hydrogen-bond acceptors (Lipinski definition) is 3.